The topological polar surface area (TPSA) is 38.3 Å². The zero-order valence-corrected chi connectivity index (χ0v) is 12.2. The van der Waals surface area contributed by atoms with Gasteiger partial charge in [-0.15, -0.1) is 0 Å². The van der Waals surface area contributed by atoms with Gasteiger partial charge in [0.1, 0.15) is 0 Å². The lowest BCUT2D eigenvalue weighted by Crippen LogP contribution is -2.46. The highest BCUT2D eigenvalue weighted by atomic mass is 16.5. The van der Waals surface area contributed by atoms with Crippen LogP contribution in [0.3, 0.4) is 0 Å². The van der Waals surface area contributed by atoms with Crippen LogP contribution in [0.4, 0.5) is 0 Å². The Labute approximate surface area is 111 Å². The van der Waals surface area contributed by atoms with Crippen molar-refractivity contribution in [2.24, 2.45) is 22.7 Å². The van der Waals surface area contributed by atoms with Crippen LogP contribution in [-0.4, -0.2) is 25.7 Å². The van der Waals surface area contributed by atoms with Gasteiger partial charge in [0.05, 0.1) is 12.5 Å². The van der Waals surface area contributed by atoms with Crippen molar-refractivity contribution < 1.29 is 9.53 Å². The number of esters is 1. The van der Waals surface area contributed by atoms with E-state index in [1.165, 1.54) is 12.8 Å². The molecule has 1 heterocycles. The van der Waals surface area contributed by atoms with Crippen molar-refractivity contribution in [3.8, 4) is 0 Å². The number of hydrogen-bond donors (Lipinski definition) is 1. The van der Waals surface area contributed by atoms with Crippen molar-refractivity contribution in [2.45, 2.75) is 47.0 Å². The number of carbonyl (C=O) groups is 1. The monoisotopic (exact) mass is 253 g/mol. The third kappa shape index (κ3) is 2.29. The maximum Gasteiger partial charge on any atom is 0.310 e. The first-order chi connectivity index (χ1) is 8.41. The minimum absolute atomic E-state index is 0.00839. The Bertz CT molecular complexity index is 326. The SMILES string of the molecule is CCOC(=O)C1CNCC12CCC(C)(C)CC2C. The second kappa shape index (κ2) is 4.84. The molecule has 0 radical (unpaired) electrons. The van der Waals surface area contributed by atoms with Crippen LogP contribution in [0.1, 0.15) is 47.0 Å². The smallest absolute Gasteiger partial charge is 0.310 e. The molecule has 1 aliphatic heterocycles. The summed E-state index contributed by atoms with van der Waals surface area (Å²) in [6.07, 6.45) is 3.58. The quantitative estimate of drug-likeness (QED) is 0.769. The van der Waals surface area contributed by atoms with Crippen molar-refractivity contribution >= 4 is 5.97 Å². The van der Waals surface area contributed by atoms with Crippen LogP contribution in [0.25, 0.3) is 0 Å². The zero-order chi connectivity index (χ0) is 13.4. The predicted octanol–water partition coefficient (Wildman–Crippen LogP) is 2.60. The van der Waals surface area contributed by atoms with Gasteiger partial charge in [-0.1, -0.05) is 20.8 Å². The molecule has 3 atom stereocenters. The highest BCUT2D eigenvalue weighted by Gasteiger charge is 2.53. The van der Waals surface area contributed by atoms with Crippen molar-refractivity contribution in [3.05, 3.63) is 0 Å². The molecule has 3 unspecified atom stereocenters. The number of carbonyl (C=O) groups excluding carboxylic acids is 1. The van der Waals surface area contributed by atoms with E-state index in [1.54, 1.807) is 0 Å². The zero-order valence-electron chi connectivity index (χ0n) is 12.2. The van der Waals surface area contributed by atoms with Gasteiger partial charge in [0, 0.05) is 13.1 Å². The van der Waals surface area contributed by atoms with Crippen molar-refractivity contribution in [3.63, 3.8) is 0 Å². The standard InChI is InChI=1S/C15H27NO2/c1-5-18-13(17)12-9-16-10-15(12)7-6-14(3,4)8-11(15)2/h11-12,16H,5-10H2,1-4H3. The first kappa shape index (κ1) is 13.9. The van der Waals surface area contributed by atoms with Gasteiger partial charge in [0.2, 0.25) is 0 Å². The molecule has 1 N–H and O–H groups in total. The Balaban J connectivity index is 2.16. The molecule has 18 heavy (non-hydrogen) atoms. The molecule has 2 fully saturated rings. The van der Waals surface area contributed by atoms with E-state index in [9.17, 15) is 4.79 Å². The first-order valence-electron chi connectivity index (χ1n) is 7.29. The van der Waals surface area contributed by atoms with Gasteiger partial charge >= 0.3 is 5.97 Å². The molecule has 1 aliphatic carbocycles. The number of rotatable bonds is 2. The number of nitrogens with one attached hydrogen (secondary N) is 1. The molecule has 2 rings (SSSR count). The van der Waals surface area contributed by atoms with Crippen LogP contribution >= 0.6 is 0 Å². The Morgan fingerprint density at radius 1 is 1.39 bits per heavy atom. The Hall–Kier alpha value is -0.570. The van der Waals surface area contributed by atoms with Gasteiger partial charge < -0.3 is 10.1 Å². The average Bonchev–Trinajstić information content (AvgIpc) is 2.69. The van der Waals surface area contributed by atoms with Crippen LogP contribution in [0.15, 0.2) is 0 Å². The molecule has 3 heteroatoms. The summed E-state index contributed by atoms with van der Waals surface area (Å²) >= 11 is 0. The maximum atomic E-state index is 12.2. The highest BCUT2D eigenvalue weighted by molar-refractivity contribution is 5.74. The molecular formula is C15H27NO2. The Kier molecular flexibility index (Phi) is 3.72. The minimum atomic E-state index is 0.00839. The molecule has 2 aliphatic rings. The molecule has 0 bridgehead atoms. The largest absolute Gasteiger partial charge is 0.466 e. The van der Waals surface area contributed by atoms with Crippen molar-refractivity contribution in [1.29, 1.82) is 0 Å². The van der Waals surface area contributed by atoms with Gasteiger partial charge in [-0.2, -0.15) is 0 Å². The third-order valence-electron chi connectivity index (χ3n) is 5.18. The first-order valence-corrected chi connectivity index (χ1v) is 7.29. The van der Waals surface area contributed by atoms with Crippen LogP contribution < -0.4 is 5.32 Å². The van der Waals surface area contributed by atoms with Crippen LogP contribution in [0.5, 0.6) is 0 Å². The van der Waals surface area contributed by atoms with E-state index in [-0.39, 0.29) is 17.3 Å². The van der Waals surface area contributed by atoms with E-state index in [0.29, 0.717) is 17.9 Å². The fraction of sp³-hybridized carbons (Fsp3) is 0.933. The van der Waals surface area contributed by atoms with Gasteiger partial charge in [-0.25, -0.2) is 0 Å². The summed E-state index contributed by atoms with van der Waals surface area (Å²) in [6, 6.07) is 0. The fourth-order valence-electron chi connectivity index (χ4n) is 4.07. The second-order valence-electron chi connectivity index (χ2n) is 6.94. The Morgan fingerprint density at radius 3 is 2.72 bits per heavy atom. The summed E-state index contributed by atoms with van der Waals surface area (Å²) in [5.41, 5.74) is 0.564. The summed E-state index contributed by atoms with van der Waals surface area (Å²) < 4.78 is 5.27. The molecule has 0 amide bonds. The van der Waals surface area contributed by atoms with Crippen molar-refractivity contribution in [1.82, 2.24) is 5.32 Å². The second-order valence-corrected chi connectivity index (χ2v) is 6.94. The van der Waals surface area contributed by atoms with E-state index in [1.807, 2.05) is 6.92 Å². The normalized spacial score (nSPS) is 38.9. The summed E-state index contributed by atoms with van der Waals surface area (Å²) in [6.45, 7) is 11.2. The molecule has 104 valence electrons. The summed E-state index contributed by atoms with van der Waals surface area (Å²) in [5.74, 6) is 0.656. The number of ether oxygens (including phenoxy) is 1. The van der Waals surface area contributed by atoms with Gasteiger partial charge in [-0.3, -0.25) is 4.79 Å². The molecule has 0 aromatic heterocycles. The Morgan fingerprint density at radius 2 is 2.11 bits per heavy atom. The molecule has 1 saturated carbocycles. The number of hydrogen-bond acceptors (Lipinski definition) is 3. The molecule has 3 nitrogen and oxygen atoms in total. The lowest BCUT2D eigenvalue weighted by molar-refractivity contribution is -0.154. The van der Waals surface area contributed by atoms with Crippen LogP contribution in [0, 0.1) is 22.7 Å². The molecule has 1 saturated heterocycles. The maximum absolute atomic E-state index is 12.2. The average molecular weight is 253 g/mol. The summed E-state index contributed by atoms with van der Waals surface area (Å²) in [7, 11) is 0. The molecule has 0 aromatic carbocycles. The highest BCUT2D eigenvalue weighted by Crippen LogP contribution is 2.54. The molecule has 0 aromatic rings. The van der Waals surface area contributed by atoms with E-state index in [4.69, 9.17) is 4.74 Å². The van der Waals surface area contributed by atoms with E-state index < -0.39 is 0 Å². The van der Waals surface area contributed by atoms with E-state index >= 15 is 0 Å². The van der Waals surface area contributed by atoms with E-state index in [0.717, 1.165) is 19.5 Å². The summed E-state index contributed by atoms with van der Waals surface area (Å²) in [4.78, 5) is 12.2. The van der Waals surface area contributed by atoms with Gasteiger partial charge in [-0.05, 0) is 42.9 Å². The third-order valence-corrected chi connectivity index (χ3v) is 5.18. The van der Waals surface area contributed by atoms with Crippen LogP contribution in [-0.2, 0) is 9.53 Å². The van der Waals surface area contributed by atoms with Crippen LogP contribution in [0.2, 0.25) is 0 Å². The lowest BCUT2D eigenvalue weighted by atomic mass is 9.56. The lowest BCUT2D eigenvalue weighted by Gasteiger charge is -2.48. The van der Waals surface area contributed by atoms with Crippen molar-refractivity contribution in [2.75, 3.05) is 19.7 Å². The van der Waals surface area contributed by atoms with E-state index in [2.05, 4.69) is 26.1 Å². The van der Waals surface area contributed by atoms with Gasteiger partial charge in [0.15, 0.2) is 0 Å². The van der Waals surface area contributed by atoms with Gasteiger partial charge in [0.25, 0.3) is 0 Å². The fourth-order valence-corrected chi connectivity index (χ4v) is 4.07. The molecular weight excluding hydrogens is 226 g/mol. The predicted molar refractivity (Wildman–Crippen MR) is 72.2 cm³/mol. The summed E-state index contributed by atoms with van der Waals surface area (Å²) in [5, 5.41) is 3.43. The molecule has 1 spiro atoms. The minimum Gasteiger partial charge on any atom is -0.466 e.